The first-order valence-corrected chi connectivity index (χ1v) is 6.43. The van der Waals surface area contributed by atoms with Crippen LogP contribution in [0.15, 0.2) is 0 Å². The monoisotopic (exact) mass is 244 g/mol. The summed E-state index contributed by atoms with van der Waals surface area (Å²) in [6.45, 7) is 3.60. The quantitative estimate of drug-likeness (QED) is 0.573. The van der Waals surface area contributed by atoms with E-state index in [0.29, 0.717) is 19.6 Å². The first-order chi connectivity index (χ1) is 8.33. The zero-order chi connectivity index (χ0) is 12.3. The number of hydrogen-bond acceptors (Lipinski definition) is 4. The van der Waals surface area contributed by atoms with E-state index >= 15 is 0 Å². The highest BCUT2D eigenvalue weighted by molar-refractivity contribution is 5.75. The van der Waals surface area contributed by atoms with Crippen LogP contribution >= 0.6 is 0 Å². The summed E-state index contributed by atoms with van der Waals surface area (Å²) in [5, 5.41) is 5.89. The molecule has 5 nitrogen and oxygen atoms in total. The molecule has 1 fully saturated rings. The van der Waals surface area contributed by atoms with Crippen molar-refractivity contribution in [3.05, 3.63) is 0 Å². The van der Waals surface area contributed by atoms with Crippen LogP contribution in [-0.4, -0.2) is 52.0 Å². The maximum Gasteiger partial charge on any atom is 0.222 e. The molecule has 0 aromatic heterocycles. The van der Waals surface area contributed by atoms with Crippen LogP contribution in [-0.2, 0) is 14.3 Å². The van der Waals surface area contributed by atoms with Crippen LogP contribution in [0.25, 0.3) is 0 Å². The van der Waals surface area contributed by atoms with Crippen LogP contribution < -0.4 is 10.6 Å². The molecule has 1 aliphatic heterocycles. The average molecular weight is 244 g/mol. The fourth-order valence-corrected chi connectivity index (χ4v) is 1.74. The lowest BCUT2D eigenvalue weighted by atomic mass is 10.2. The van der Waals surface area contributed by atoms with Crippen LogP contribution in [0.2, 0.25) is 0 Å². The third-order valence-corrected chi connectivity index (χ3v) is 2.73. The molecule has 1 unspecified atom stereocenters. The maximum atomic E-state index is 11.4. The first kappa shape index (κ1) is 14.4. The van der Waals surface area contributed by atoms with Gasteiger partial charge in [-0.25, -0.2) is 0 Å². The predicted octanol–water partition coefficient (Wildman–Crippen LogP) is 0.298. The molecule has 0 aliphatic carbocycles. The second-order valence-corrected chi connectivity index (χ2v) is 4.27. The lowest BCUT2D eigenvalue weighted by Crippen LogP contribution is -2.27. The Hall–Kier alpha value is -0.650. The molecule has 1 aliphatic rings. The lowest BCUT2D eigenvalue weighted by molar-refractivity contribution is -0.122. The molecule has 5 heteroatoms. The van der Waals surface area contributed by atoms with Gasteiger partial charge in [-0.3, -0.25) is 4.79 Å². The summed E-state index contributed by atoms with van der Waals surface area (Å²) < 4.78 is 10.8. The summed E-state index contributed by atoms with van der Waals surface area (Å²) >= 11 is 0. The largest absolute Gasteiger partial charge is 0.378 e. The van der Waals surface area contributed by atoms with E-state index in [-0.39, 0.29) is 12.0 Å². The molecule has 100 valence electrons. The molecular weight excluding hydrogens is 220 g/mol. The number of hydrogen-bond donors (Lipinski definition) is 2. The van der Waals surface area contributed by atoms with Crippen LogP contribution in [0.3, 0.4) is 0 Å². The average Bonchev–Trinajstić information content (AvgIpc) is 2.83. The van der Waals surface area contributed by atoms with Crippen molar-refractivity contribution in [3.8, 4) is 0 Å². The second-order valence-electron chi connectivity index (χ2n) is 4.27. The molecule has 17 heavy (non-hydrogen) atoms. The van der Waals surface area contributed by atoms with Crippen LogP contribution in [0, 0.1) is 0 Å². The molecule has 0 bridgehead atoms. The van der Waals surface area contributed by atoms with E-state index in [4.69, 9.17) is 9.47 Å². The molecule has 0 aromatic carbocycles. The number of carbonyl (C=O) groups excluding carboxylic acids is 1. The smallest absolute Gasteiger partial charge is 0.222 e. The molecular formula is C12H24N2O3. The Labute approximate surface area is 103 Å². The molecule has 0 saturated carbocycles. The Morgan fingerprint density at radius 3 is 3.06 bits per heavy atom. The summed E-state index contributed by atoms with van der Waals surface area (Å²) in [7, 11) is 1.90. The van der Waals surface area contributed by atoms with Gasteiger partial charge in [0.1, 0.15) is 0 Å². The van der Waals surface area contributed by atoms with Crippen molar-refractivity contribution in [2.75, 3.05) is 40.0 Å². The van der Waals surface area contributed by atoms with Crippen molar-refractivity contribution < 1.29 is 14.3 Å². The van der Waals surface area contributed by atoms with E-state index in [1.165, 1.54) is 0 Å². The Bertz CT molecular complexity index is 206. The number of ether oxygens (including phenoxy) is 2. The van der Waals surface area contributed by atoms with Crippen molar-refractivity contribution in [2.24, 2.45) is 0 Å². The Balaban J connectivity index is 1.85. The van der Waals surface area contributed by atoms with E-state index in [2.05, 4.69) is 10.6 Å². The molecule has 1 heterocycles. The summed E-state index contributed by atoms with van der Waals surface area (Å²) in [6.07, 6.45) is 3.84. The van der Waals surface area contributed by atoms with E-state index in [9.17, 15) is 4.79 Å². The molecule has 2 N–H and O–H groups in total. The minimum atomic E-state index is 0.0634. The first-order valence-electron chi connectivity index (χ1n) is 6.43. The predicted molar refractivity (Wildman–Crippen MR) is 66.0 cm³/mol. The van der Waals surface area contributed by atoms with Gasteiger partial charge >= 0.3 is 0 Å². The van der Waals surface area contributed by atoms with Crippen molar-refractivity contribution in [1.29, 1.82) is 0 Å². The minimum Gasteiger partial charge on any atom is -0.378 e. The van der Waals surface area contributed by atoms with Gasteiger partial charge in [-0.15, -0.1) is 0 Å². The van der Waals surface area contributed by atoms with Gasteiger partial charge < -0.3 is 20.1 Å². The second kappa shape index (κ2) is 9.39. The number of carbonyl (C=O) groups is 1. The summed E-state index contributed by atoms with van der Waals surface area (Å²) in [5.41, 5.74) is 0. The third kappa shape index (κ3) is 7.31. The summed E-state index contributed by atoms with van der Waals surface area (Å²) in [4.78, 5) is 11.4. The Kier molecular flexibility index (Phi) is 7.96. The zero-order valence-corrected chi connectivity index (χ0v) is 10.7. The van der Waals surface area contributed by atoms with Crippen molar-refractivity contribution >= 4 is 5.91 Å². The molecule has 0 aromatic rings. The van der Waals surface area contributed by atoms with Gasteiger partial charge in [0.25, 0.3) is 0 Å². The van der Waals surface area contributed by atoms with E-state index in [0.717, 1.165) is 39.0 Å². The highest BCUT2D eigenvalue weighted by Gasteiger charge is 2.15. The number of amides is 1. The van der Waals surface area contributed by atoms with Crippen LogP contribution in [0.4, 0.5) is 0 Å². The van der Waals surface area contributed by atoms with Gasteiger partial charge in [-0.05, 0) is 32.9 Å². The van der Waals surface area contributed by atoms with Gasteiger partial charge in [0.05, 0.1) is 19.3 Å². The molecule has 1 rings (SSSR count). The molecule has 1 amide bonds. The van der Waals surface area contributed by atoms with Gasteiger partial charge in [0.2, 0.25) is 5.91 Å². The third-order valence-electron chi connectivity index (χ3n) is 2.73. The highest BCUT2D eigenvalue weighted by Crippen LogP contribution is 2.11. The molecule has 0 radical (unpaired) electrons. The molecule has 1 saturated heterocycles. The van der Waals surface area contributed by atoms with Gasteiger partial charge in [-0.1, -0.05) is 0 Å². The van der Waals surface area contributed by atoms with Gasteiger partial charge in [0.15, 0.2) is 0 Å². The number of rotatable bonds is 9. The highest BCUT2D eigenvalue weighted by atomic mass is 16.5. The fourth-order valence-electron chi connectivity index (χ4n) is 1.74. The standard InChI is InChI=1S/C12H24N2O3/c1-13-6-3-7-14-12(15)5-9-16-10-11-4-2-8-17-11/h11,13H,2-10H2,1H3,(H,14,15). The summed E-state index contributed by atoms with van der Waals surface area (Å²) in [5.74, 6) is 0.0634. The zero-order valence-electron chi connectivity index (χ0n) is 10.7. The molecule has 1 atom stereocenters. The van der Waals surface area contributed by atoms with Crippen LogP contribution in [0.1, 0.15) is 25.7 Å². The number of nitrogens with one attached hydrogen (secondary N) is 2. The topological polar surface area (TPSA) is 59.6 Å². The lowest BCUT2D eigenvalue weighted by Gasteiger charge is -2.10. The van der Waals surface area contributed by atoms with E-state index < -0.39 is 0 Å². The van der Waals surface area contributed by atoms with E-state index in [1.54, 1.807) is 0 Å². The van der Waals surface area contributed by atoms with Crippen molar-refractivity contribution in [3.63, 3.8) is 0 Å². The maximum absolute atomic E-state index is 11.4. The fraction of sp³-hybridized carbons (Fsp3) is 0.917. The SMILES string of the molecule is CNCCCNC(=O)CCOCC1CCCO1. The Morgan fingerprint density at radius 1 is 1.47 bits per heavy atom. The van der Waals surface area contributed by atoms with Gasteiger partial charge in [0, 0.05) is 19.6 Å². The normalized spacial score (nSPS) is 19.5. The van der Waals surface area contributed by atoms with Crippen molar-refractivity contribution in [2.45, 2.75) is 31.8 Å². The van der Waals surface area contributed by atoms with E-state index in [1.807, 2.05) is 7.05 Å². The van der Waals surface area contributed by atoms with Gasteiger partial charge in [-0.2, -0.15) is 0 Å². The molecule has 0 spiro atoms. The minimum absolute atomic E-state index is 0.0634. The summed E-state index contributed by atoms with van der Waals surface area (Å²) in [6, 6.07) is 0. The van der Waals surface area contributed by atoms with Crippen molar-refractivity contribution in [1.82, 2.24) is 10.6 Å². The van der Waals surface area contributed by atoms with Crippen LogP contribution in [0.5, 0.6) is 0 Å². The Morgan fingerprint density at radius 2 is 2.35 bits per heavy atom.